The molecule has 3 aromatic heterocycles. The number of anilines is 2. The zero-order valence-electron chi connectivity index (χ0n) is 16.5. The Morgan fingerprint density at radius 2 is 1.97 bits per heavy atom. The third-order valence-corrected chi connectivity index (χ3v) is 5.62. The first-order chi connectivity index (χ1) is 14.6. The maximum Gasteiger partial charge on any atom is 0.252 e. The van der Waals surface area contributed by atoms with E-state index >= 15 is 0 Å². The van der Waals surface area contributed by atoms with Crippen LogP contribution in [0.25, 0.3) is 16.7 Å². The highest BCUT2D eigenvalue weighted by Gasteiger charge is 2.21. The molecule has 4 aromatic rings. The van der Waals surface area contributed by atoms with Crippen molar-refractivity contribution in [1.29, 1.82) is 0 Å². The Balaban J connectivity index is 1.52. The number of fused-ring (bicyclic) bond motifs is 1. The quantitative estimate of drug-likeness (QED) is 0.549. The van der Waals surface area contributed by atoms with E-state index in [1.165, 1.54) is 10.7 Å². The second-order valence-corrected chi connectivity index (χ2v) is 7.63. The summed E-state index contributed by atoms with van der Waals surface area (Å²) in [6.07, 6.45) is 7.61. The molecule has 8 heteroatoms. The van der Waals surface area contributed by atoms with Gasteiger partial charge in [0.1, 0.15) is 17.2 Å². The number of para-hydroxylation sites is 1. The molecule has 1 saturated carbocycles. The van der Waals surface area contributed by atoms with E-state index in [0.717, 1.165) is 36.6 Å². The zero-order valence-corrected chi connectivity index (χ0v) is 16.5. The van der Waals surface area contributed by atoms with E-state index in [-0.39, 0.29) is 17.4 Å². The number of hydrogen-bond donors (Lipinski definition) is 1. The first kappa shape index (κ1) is 18.5. The molecule has 0 saturated heterocycles. The molecule has 0 aliphatic heterocycles. The summed E-state index contributed by atoms with van der Waals surface area (Å²) in [5.74, 6) is 0.475. The second kappa shape index (κ2) is 7.37. The number of rotatable bonds is 4. The molecule has 0 amide bonds. The predicted octanol–water partition coefficient (Wildman–Crippen LogP) is 4.28. The topological polar surface area (TPSA) is 77.6 Å². The van der Waals surface area contributed by atoms with Crippen molar-refractivity contribution in [2.75, 3.05) is 5.32 Å². The number of halogens is 1. The molecule has 0 radical (unpaired) electrons. The number of pyridine rings is 1. The maximum absolute atomic E-state index is 14.0. The molecular weight excluding hydrogens is 383 g/mol. The molecule has 1 aliphatic carbocycles. The maximum atomic E-state index is 14.0. The molecule has 7 nitrogen and oxygen atoms in total. The van der Waals surface area contributed by atoms with Crippen LogP contribution in [0.1, 0.15) is 37.3 Å². The van der Waals surface area contributed by atoms with Crippen molar-refractivity contribution in [3.05, 3.63) is 70.5 Å². The number of aryl methyl sites for hydroxylation is 1. The van der Waals surface area contributed by atoms with Gasteiger partial charge in [0.05, 0.1) is 0 Å². The van der Waals surface area contributed by atoms with Crippen LogP contribution in [0.4, 0.5) is 16.2 Å². The monoisotopic (exact) mass is 404 g/mol. The van der Waals surface area contributed by atoms with Crippen molar-refractivity contribution in [2.24, 2.45) is 0 Å². The Morgan fingerprint density at radius 1 is 1.17 bits per heavy atom. The van der Waals surface area contributed by atoms with Crippen molar-refractivity contribution in [3.8, 4) is 5.69 Å². The third-order valence-electron chi connectivity index (χ3n) is 5.62. The molecule has 1 fully saturated rings. The standard InChI is InChI=1S/C22H21FN6O/c1-14-12-20(30)29(15-6-2-3-7-15)21-16(14)13-24-22(26-21)25-19-10-11-28(27-19)18-9-5-4-8-17(18)23/h4-5,8-13,15H,2-3,6-7H2,1H3,(H,24,25,26,27). The van der Waals surface area contributed by atoms with Crippen LogP contribution in [-0.2, 0) is 0 Å². The van der Waals surface area contributed by atoms with Gasteiger partial charge in [-0.1, -0.05) is 25.0 Å². The minimum atomic E-state index is -0.356. The molecule has 0 spiro atoms. The minimum Gasteiger partial charge on any atom is -0.307 e. The average Bonchev–Trinajstić information content (AvgIpc) is 3.41. The van der Waals surface area contributed by atoms with Gasteiger partial charge in [-0.15, -0.1) is 5.10 Å². The Bertz CT molecular complexity index is 1290. The SMILES string of the molecule is Cc1cc(=O)n(C2CCCC2)c2nc(Nc3ccn(-c4ccccc4F)n3)ncc12. The Hall–Kier alpha value is -3.55. The van der Waals surface area contributed by atoms with Gasteiger partial charge in [-0.25, -0.2) is 14.1 Å². The summed E-state index contributed by atoms with van der Waals surface area (Å²) in [4.78, 5) is 21.8. The largest absolute Gasteiger partial charge is 0.307 e. The van der Waals surface area contributed by atoms with Crippen LogP contribution in [-0.4, -0.2) is 24.3 Å². The molecule has 1 aromatic carbocycles. The van der Waals surface area contributed by atoms with Crippen LogP contribution in [0, 0.1) is 12.7 Å². The summed E-state index contributed by atoms with van der Waals surface area (Å²) >= 11 is 0. The van der Waals surface area contributed by atoms with Gasteiger partial charge in [0.2, 0.25) is 5.95 Å². The van der Waals surface area contributed by atoms with Crippen LogP contribution in [0.3, 0.4) is 0 Å². The van der Waals surface area contributed by atoms with Gasteiger partial charge in [-0.2, -0.15) is 4.98 Å². The van der Waals surface area contributed by atoms with Gasteiger partial charge < -0.3 is 5.32 Å². The van der Waals surface area contributed by atoms with Crippen LogP contribution >= 0.6 is 0 Å². The lowest BCUT2D eigenvalue weighted by atomic mass is 10.1. The molecule has 0 bridgehead atoms. The highest BCUT2D eigenvalue weighted by Crippen LogP contribution is 2.31. The highest BCUT2D eigenvalue weighted by molar-refractivity contribution is 5.79. The van der Waals surface area contributed by atoms with Crippen molar-refractivity contribution in [2.45, 2.75) is 38.6 Å². The summed E-state index contributed by atoms with van der Waals surface area (Å²) in [5.41, 5.74) is 1.83. The van der Waals surface area contributed by atoms with E-state index in [1.54, 1.807) is 47.3 Å². The van der Waals surface area contributed by atoms with Gasteiger partial charge in [0.25, 0.3) is 5.56 Å². The lowest BCUT2D eigenvalue weighted by Gasteiger charge is -2.17. The number of nitrogens with one attached hydrogen (secondary N) is 1. The van der Waals surface area contributed by atoms with E-state index in [1.807, 2.05) is 6.92 Å². The smallest absolute Gasteiger partial charge is 0.252 e. The number of aromatic nitrogens is 5. The first-order valence-corrected chi connectivity index (χ1v) is 10.1. The van der Waals surface area contributed by atoms with E-state index in [0.29, 0.717) is 23.1 Å². The van der Waals surface area contributed by atoms with Crippen molar-refractivity contribution in [3.63, 3.8) is 0 Å². The van der Waals surface area contributed by atoms with Crippen LogP contribution in [0.2, 0.25) is 0 Å². The molecule has 152 valence electrons. The van der Waals surface area contributed by atoms with Gasteiger partial charge in [-0.05, 0) is 37.5 Å². The Labute approximate surface area is 172 Å². The van der Waals surface area contributed by atoms with Crippen molar-refractivity contribution >= 4 is 22.8 Å². The molecule has 5 rings (SSSR count). The fourth-order valence-corrected chi connectivity index (χ4v) is 4.12. The van der Waals surface area contributed by atoms with Crippen molar-refractivity contribution < 1.29 is 4.39 Å². The number of nitrogens with zero attached hydrogens (tertiary/aromatic N) is 5. The lowest BCUT2D eigenvalue weighted by Crippen LogP contribution is -2.24. The van der Waals surface area contributed by atoms with Gasteiger partial charge in [0, 0.05) is 36.0 Å². The van der Waals surface area contributed by atoms with Gasteiger partial charge in [0.15, 0.2) is 5.82 Å². The minimum absolute atomic E-state index is 0.0274. The molecule has 0 atom stereocenters. The summed E-state index contributed by atoms with van der Waals surface area (Å²) in [6, 6.07) is 9.99. The molecule has 1 N–H and O–H groups in total. The second-order valence-electron chi connectivity index (χ2n) is 7.63. The van der Waals surface area contributed by atoms with E-state index < -0.39 is 0 Å². The predicted molar refractivity (Wildman–Crippen MR) is 113 cm³/mol. The normalized spacial score (nSPS) is 14.5. The van der Waals surface area contributed by atoms with Gasteiger partial charge in [-0.3, -0.25) is 9.36 Å². The molecule has 3 heterocycles. The zero-order chi connectivity index (χ0) is 20.7. The number of benzene rings is 1. The summed E-state index contributed by atoms with van der Waals surface area (Å²) in [6.45, 7) is 1.90. The number of hydrogen-bond acceptors (Lipinski definition) is 5. The van der Waals surface area contributed by atoms with Gasteiger partial charge >= 0.3 is 0 Å². The van der Waals surface area contributed by atoms with Crippen LogP contribution in [0.5, 0.6) is 0 Å². The fourth-order valence-electron chi connectivity index (χ4n) is 4.12. The first-order valence-electron chi connectivity index (χ1n) is 10.1. The van der Waals surface area contributed by atoms with Crippen molar-refractivity contribution in [1.82, 2.24) is 24.3 Å². The highest BCUT2D eigenvalue weighted by atomic mass is 19.1. The summed E-state index contributed by atoms with van der Waals surface area (Å²) in [7, 11) is 0. The van der Waals surface area contributed by atoms with E-state index in [9.17, 15) is 9.18 Å². The average molecular weight is 404 g/mol. The summed E-state index contributed by atoms with van der Waals surface area (Å²) < 4.78 is 17.3. The summed E-state index contributed by atoms with van der Waals surface area (Å²) in [5, 5.41) is 8.30. The third kappa shape index (κ3) is 3.24. The van der Waals surface area contributed by atoms with E-state index in [2.05, 4.69) is 20.4 Å². The Kier molecular flexibility index (Phi) is 4.54. The molecule has 1 aliphatic rings. The van der Waals surface area contributed by atoms with Crippen LogP contribution in [0.15, 0.2) is 53.6 Å². The van der Waals surface area contributed by atoms with Crippen LogP contribution < -0.4 is 10.9 Å². The lowest BCUT2D eigenvalue weighted by molar-refractivity contribution is 0.515. The molecule has 30 heavy (non-hydrogen) atoms. The molecule has 0 unspecified atom stereocenters. The van der Waals surface area contributed by atoms with E-state index in [4.69, 9.17) is 0 Å². The molecular formula is C22H21FN6O. The Morgan fingerprint density at radius 3 is 2.77 bits per heavy atom. The fraction of sp³-hybridized carbons (Fsp3) is 0.273.